The molecular formula is C21H40N3Zr-. The second-order valence-electron chi connectivity index (χ2n) is 5.03. The summed E-state index contributed by atoms with van der Waals surface area (Å²) < 4.78 is 0. The Morgan fingerprint density at radius 3 is 1.36 bits per heavy atom. The van der Waals surface area contributed by atoms with Gasteiger partial charge in [-0.05, 0) is 39.3 Å². The summed E-state index contributed by atoms with van der Waals surface area (Å²) >= 11 is 0. The number of hydrogen-bond donors (Lipinski definition) is 3. The minimum Gasteiger partial charge on any atom is -0.317 e. The van der Waals surface area contributed by atoms with E-state index in [0.717, 1.165) is 39.3 Å². The molecular weight excluding hydrogens is 385 g/mol. The fourth-order valence-electron chi connectivity index (χ4n) is 1.82. The fraction of sp³-hybridized carbons (Fsp3) is 0.571. The third-order valence-electron chi connectivity index (χ3n) is 3.05. The van der Waals surface area contributed by atoms with Crippen LogP contribution in [0.25, 0.3) is 10.8 Å². The van der Waals surface area contributed by atoms with Gasteiger partial charge in [-0.25, -0.2) is 0 Å². The van der Waals surface area contributed by atoms with Crippen LogP contribution in [0.5, 0.6) is 0 Å². The monoisotopic (exact) mass is 424 g/mol. The van der Waals surface area contributed by atoms with Crippen molar-refractivity contribution < 1.29 is 26.2 Å². The summed E-state index contributed by atoms with van der Waals surface area (Å²) in [4.78, 5) is 0. The summed E-state index contributed by atoms with van der Waals surface area (Å²) in [5.74, 6) is 0. The van der Waals surface area contributed by atoms with Gasteiger partial charge in [-0.2, -0.15) is 17.5 Å². The van der Waals surface area contributed by atoms with Crippen molar-refractivity contribution in [3.63, 3.8) is 0 Å². The molecule has 3 nitrogen and oxygen atoms in total. The molecule has 2 aromatic rings. The SMILES string of the molecule is CCNCC.CCNCC.CCNCC.[Zr].c1ccc2[cH-]ccc2c1. The predicted molar refractivity (Wildman–Crippen MR) is 112 cm³/mol. The van der Waals surface area contributed by atoms with E-state index < -0.39 is 0 Å². The Hall–Kier alpha value is -0.407. The van der Waals surface area contributed by atoms with Crippen LogP contribution in [0.4, 0.5) is 0 Å². The van der Waals surface area contributed by atoms with Crippen molar-refractivity contribution >= 4 is 10.8 Å². The topological polar surface area (TPSA) is 36.1 Å². The predicted octanol–water partition coefficient (Wildman–Crippen LogP) is 4.40. The average Bonchev–Trinajstić information content (AvgIpc) is 3.07. The Balaban J connectivity index is -0.000000269. The van der Waals surface area contributed by atoms with Gasteiger partial charge in [-0.1, -0.05) is 47.6 Å². The molecule has 0 heterocycles. The molecule has 3 N–H and O–H groups in total. The summed E-state index contributed by atoms with van der Waals surface area (Å²) in [6.45, 7) is 19.2. The molecule has 0 saturated heterocycles. The molecule has 144 valence electrons. The van der Waals surface area contributed by atoms with Crippen LogP contribution in [-0.4, -0.2) is 39.3 Å². The van der Waals surface area contributed by atoms with Gasteiger partial charge in [0.05, 0.1) is 0 Å². The zero-order valence-corrected chi connectivity index (χ0v) is 19.7. The molecule has 25 heavy (non-hydrogen) atoms. The van der Waals surface area contributed by atoms with E-state index >= 15 is 0 Å². The summed E-state index contributed by atoms with van der Waals surface area (Å²) in [7, 11) is 0. The molecule has 0 atom stereocenters. The third-order valence-corrected chi connectivity index (χ3v) is 3.05. The second kappa shape index (κ2) is 25.8. The molecule has 0 spiro atoms. The maximum absolute atomic E-state index is 3.11. The largest absolute Gasteiger partial charge is 0.317 e. The zero-order chi connectivity index (χ0) is 18.5. The van der Waals surface area contributed by atoms with Crippen LogP contribution in [0, 0.1) is 0 Å². The zero-order valence-electron chi connectivity index (χ0n) is 17.3. The smallest absolute Gasteiger partial charge is 0 e. The van der Waals surface area contributed by atoms with Crippen molar-refractivity contribution in [1.82, 2.24) is 16.0 Å². The Morgan fingerprint density at radius 2 is 1.04 bits per heavy atom. The molecule has 4 heteroatoms. The second-order valence-corrected chi connectivity index (χ2v) is 5.03. The van der Waals surface area contributed by atoms with Gasteiger partial charge in [0.25, 0.3) is 0 Å². The first-order valence-corrected chi connectivity index (χ1v) is 9.44. The van der Waals surface area contributed by atoms with Crippen molar-refractivity contribution in [2.24, 2.45) is 0 Å². The van der Waals surface area contributed by atoms with Crippen LogP contribution < -0.4 is 16.0 Å². The van der Waals surface area contributed by atoms with Gasteiger partial charge in [0.1, 0.15) is 0 Å². The van der Waals surface area contributed by atoms with Crippen LogP contribution in [0.15, 0.2) is 42.5 Å². The number of hydrogen-bond acceptors (Lipinski definition) is 3. The van der Waals surface area contributed by atoms with E-state index in [-0.39, 0.29) is 26.2 Å². The van der Waals surface area contributed by atoms with Crippen molar-refractivity contribution in [1.29, 1.82) is 0 Å². The molecule has 0 radical (unpaired) electrons. The van der Waals surface area contributed by atoms with Crippen LogP contribution in [0.1, 0.15) is 41.5 Å². The summed E-state index contributed by atoms with van der Waals surface area (Å²) in [5.41, 5.74) is 0. The Labute approximate surface area is 175 Å². The van der Waals surface area contributed by atoms with Crippen LogP contribution in [0.2, 0.25) is 0 Å². The average molecular weight is 426 g/mol. The minimum absolute atomic E-state index is 0. The third kappa shape index (κ3) is 21.6. The standard InChI is InChI=1S/C9H7.3C4H11N.Zr/c1-2-5-9-7-3-6-8(9)4-1;3*1-3-5-4-2;/h1-7H;3*5H,3-4H2,1-2H3;/q-1;;;;. The summed E-state index contributed by atoms with van der Waals surface area (Å²) in [5, 5.41) is 12.0. The fourth-order valence-corrected chi connectivity index (χ4v) is 1.82. The van der Waals surface area contributed by atoms with Crippen LogP contribution in [0.3, 0.4) is 0 Å². The molecule has 0 saturated carbocycles. The molecule has 0 aliphatic carbocycles. The Kier molecular flexibility index (Phi) is 30.3. The minimum atomic E-state index is 0. The molecule has 0 aliphatic rings. The number of rotatable bonds is 6. The van der Waals surface area contributed by atoms with Crippen molar-refractivity contribution in [2.45, 2.75) is 41.5 Å². The van der Waals surface area contributed by atoms with Gasteiger partial charge in [-0.15, -0.1) is 29.7 Å². The van der Waals surface area contributed by atoms with E-state index in [4.69, 9.17) is 0 Å². The van der Waals surface area contributed by atoms with Gasteiger partial charge in [0, 0.05) is 26.2 Å². The van der Waals surface area contributed by atoms with Crippen LogP contribution >= 0.6 is 0 Å². The molecule has 0 aromatic heterocycles. The molecule has 2 rings (SSSR count). The quantitative estimate of drug-likeness (QED) is 0.600. The maximum Gasteiger partial charge on any atom is 0 e. The normalized spacial score (nSPS) is 8.72. The molecule has 0 amide bonds. The number of benzene rings is 1. The number of fused-ring (bicyclic) bond motifs is 1. The van der Waals surface area contributed by atoms with Crippen molar-refractivity contribution in [3.8, 4) is 0 Å². The van der Waals surface area contributed by atoms with E-state index in [0.29, 0.717) is 0 Å². The van der Waals surface area contributed by atoms with Crippen molar-refractivity contribution in [2.75, 3.05) is 39.3 Å². The first kappa shape index (κ1) is 29.4. The van der Waals surface area contributed by atoms with Gasteiger partial charge >= 0.3 is 0 Å². The van der Waals surface area contributed by atoms with Gasteiger partial charge in [0.15, 0.2) is 0 Å². The molecule has 0 fully saturated rings. The maximum atomic E-state index is 3.11. The molecule has 0 bridgehead atoms. The first-order chi connectivity index (χ1) is 11.7. The molecule has 2 aromatic carbocycles. The van der Waals surface area contributed by atoms with Crippen molar-refractivity contribution in [3.05, 3.63) is 42.5 Å². The van der Waals surface area contributed by atoms with E-state index in [1.165, 1.54) is 10.8 Å². The van der Waals surface area contributed by atoms with Crippen LogP contribution in [-0.2, 0) is 26.2 Å². The molecule has 0 aliphatic heterocycles. The molecule has 0 unspecified atom stereocenters. The Bertz CT molecular complexity index is 393. The first-order valence-electron chi connectivity index (χ1n) is 9.44. The van der Waals surface area contributed by atoms with Gasteiger partial charge in [0.2, 0.25) is 0 Å². The van der Waals surface area contributed by atoms with E-state index in [1.54, 1.807) is 0 Å². The number of nitrogens with one attached hydrogen (secondary N) is 3. The van der Waals surface area contributed by atoms with E-state index in [9.17, 15) is 0 Å². The van der Waals surface area contributed by atoms with E-state index in [1.807, 2.05) is 0 Å². The van der Waals surface area contributed by atoms with Gasteiger partial charge < -0.3 is 16.0 Å². The summed E-state index contributed by atoms with van der Waals surface area (Å²) in [6, 6.07) is 14.7. The van der Waals surface area contributed by atoms with Gasteiger partial charge in [-0.3, -0.25) is 0 Å². The summed E-state index contributed by atoms with van der Waals surface area (Å²) in [6.07, 6.45) is 0. The Morgan fingerprint density at radius 1 is 0.640 bits per heavy atom. The van der Waals surface area contributed by atoms with E-state index in [2.05, 4.69) is 100.0 Å².